The van der Waals surface area contributed by atoms with Gasteiger partial charge >= 0.3 is 0 Å². The normalized spacial score (nSPS) is 11.6. The van der Waals surface area contributed by atoms with Gasteiger partial charge < -0.3 is 14.5 Å². The molecule has 0 saturated carbocycles. The monoisotopic (exact) mass is 360 g/mol. The van der Waals surface area contributed by atoms with E-state index in [2.05, 4.69) is 5.32 Å². The molecule has 2 aromatic carbocycles. The largest absolute Gasteiger partial charge is 0.451 e. The topological polar surface area (TPSA) is 112 Å². The highest BCUT2D eigenvalue weighted by atomic mass is 32.2. The number of ether oxygens (including phenoxy) is 1. The van der Waals surface area contributed by atoms with Crippen molar-refractivity contribution in [2.45, 2.75) is 11.5 Å². The SMILES string of the molecule is COCc1c(C(=O)Nc2ccc(S(N)(=O)=O)cc2)oc2ccccc12. The Morgan fingerprint density at radius 3 is 2.48 bits per heavy atom. The molecule has 1 heterocycles. The Balaban J connectivity index is 1.91. The predicted molar refractivity (Wildman–Crippen MR) is 92.7 cm³/mol. The molecule has 0 aliphatic heterocycles. The third-order valence-corrected chi connectivity index (χ3v) is 4.56. The number of fused-ring (bicyclic) bond motifs is 1. The molecule has 0 bridgehead atoms. The Morgan fingerprint density at radius 2 is 1.84 bits per heavy atom. The number of nitrogens with two attached hydrogens (primary N) is 1. The Kier molecular flexibility index (Phi) is 4.58. The number of methoxy groups -OCH3 is 1. The lowest BCUT2D eigenvalue weighted by atomic mass is 10.1. The summed E-state index contributed by atoms with van der Waals surface area (Å²) in [6, 6.07) is 12.8. The van der Waals surface area contributed by atoms with Crippen molar-refractivity contribution in [2.75, 3.05) is 12.4 Å². The average Bonchev–Trinajstić information content (AvgIpc) is 2.94. The van der Waals surface area contributed by atoms with Crippen molar-refractivity contribution in [1.82, 2.24) is 0 Å². The summed E-state index contributed by atoms with van der Waals surface area (Å²) in [7, 11) is -2.24. The van der Waals surface area contributed by atoms with Crippen molar-refractivity contribution < 1.29 is 22.4 Å². The van der Waals surface area contributed by atoms with Crippen LogP contribution in [0, 0.1) is 0 Å². The fraction of sp³-hybridized carbons (Fsp3) is 0.118. The number of carbonyl (C=O) groups is 1. The van der Waals surface area contributed by atoms with Gasteiger partial charge in [-0.15, -0.1) is 0 Å². The molecular weight excluding hydrogens is 344 g/mol. The minimum atomic E-state index is -3.78. The van der Waals surface area contributed by atoms with E-state index >= 15 is 0 Å². The number of para-hydroxylation sites is 1. The van der Waals surface area contributed by atoms with Crippen molar-refractivity contribution in [1.29, 1.82) is 0 Å². The van der Waals surface area contributed by atoms with Crippen molar-refractivity contribution in [2.24, 2.45) is 5.14 Å². The summed E-state index contributed by atoms with van der Waals surface area (Å²) in [6.07, 6.45) is 0. The maximum absolute atomic E-state index is 12.6. The number of primary sulfonamides is 1. The summed E-state index contributed by atoms with van der Waals surface area (Å²) in [5, 5.41) is 8.53. The zero-order valence-corrected chi connectivity index (χ0v) is 14.2. The quantitative estimate of drug-likeness (QED) is 0.726. The van der Waals surface area contributed by atoms with Crippen LogP contribution in [0.5, 0.6) is 0 Å². The van der Waals surface area contributed by atoms with Crippen LogP contribution in [-0.4, -0.2) is 21.4 Å². The van der Waals surface area contributed by atoms with Crippen LogP contribution in [0.2, 0.25) is 0 Å². The summed E-state index contributed by atoms with van der Waals surface area (Å²) < 4.78 is 33.4. The lowest BCUT2D eigenvalue weighted by molar-refractivity contribution is 0.0992. The van der Waals surface area contributed by atoms with Gasteiger partial charge in [0.2, 0.25) is 10.0 Å². The zero-order valence-electron chi connectivity index (χ0n) is 13.4. The summed E-state index contributed by atoms with van der Waals surface area (Å²) in [4.78, 5) is 12.5. The third-order valence-electron chi connectivity index (χ3n) is 3.63. The molecule has 7 nitrogen and oxygen atoms in total. The first-order valence-corrected chi connectivity index (χ1v) is 8.88. The van der Waals surface area contributed by atoms with E-state index in [0.717, 1.165) is 5.39 Å². The first-order valence-electron chi connectivity index (χ1n) is 7.33. The number of benzene rings is 2. The minimum Gasteiger partial charge on any atom is -0.451 e. The standard InChI is InChI=1S/C17H16N2O5S/c1-23-10-14-13-4-2-3-5-15(13)24-16(14)17(20)19-11-6-8-12(9-7-11)25(18,21)22/h2-9H,10H2,1H3,(H,19,20)(H2,18,21,22). The number of furan rings is 1. The summed E-state index contributed by atoms with van der Waals surface area (Å²) >= 11 is 0. The van der Waals surface area contributed by atoms with Crippen LogP contribution >= 0.6 is 0 Å². The molecule has 0 spiro atoms. The molecule has 0 aliphatic rings. The van der Waals surface area contributed by atoms with E-state index in [1.807, 2.05) is 18.2 Å². The van der Waals surface area contributed by atoms with Crippen LogP contribution in [0.1, 0.15) is 16.1 Å². The van der Waals surface area contributed by atoms with Gasteiger partial charge in [0, 0.05) is 23.7 Å². The number of rotatable bonds is 5. The van der Waals surface area contributed by atoms with Gasteiger partial charge in [0.1, 0.15) is 5.58 Å². The van der Waals surface area contributed by atoms with Crippen LogP contribution < -0.4 is 10.5 Å². The second kappa shape index (κ2) is 6.67. The number of hydrogen-bond donors (Lipinski definition) is 2. The van der Waals surface area contributed by atoms with Gasteiger partial charge in [-0.1, -0.05) is 18.2 Å². The molecule has 0 aliphatic carbocycles. The van der Waals surface area contributed by atoms with Gasteiger partial charge in [0.15, 0.2) is 5.76 Å². The molecule has 1 amide bonds. The first kappa shape index (κ1) is 17.2. The number of anilines is 1. The maximum atomic E-state index is 12.6. The fourth-order valence-electron chi connectivity index (χ4n) is 2.49. The summed E-state index contributed by atoms with van der Waals surface area (Å²) in [5.41, 5.74) is 1.65. The zero-order chi connectivity index (χ0) is 18.0. The molecule has 0 saturated heterocycles. The molecule has 3 N–H and O–H groups in total. The van der Waals surface area contributed by atoms with Crippen LogP contribution in [0.4, 0.5) is 5.69 Å². The second-order valence-corrected chi connectivity index (χ2v) is 6.92. The Hall–Kier alpha value is -2.68. The van der Waals surface area contributed by atoms with E-state index in [-0.39, 0.29) is 17.3 Å². The van der Waals surface area contributed by atoms with Gasteiger partial charge in [0.25, 0.3) is 5.91 Å². The van der Waals surface area contributed by atoms with Crippen molar-refractivity contribution in [3.63, 3.8) is 0 Å². The highest BCUT2D eigenvalue weighted by Crippen LogP contribution is 2.27. The molecule has 8 heteroatoms. The highest BCUT2D eigenvalue weighted by Gasteiger charge is 2.20. The molecule has 3 aromatic rings. The van der Waals surface area contributed by atoms with Crippen molar-refractivity contribution >= 4 is 32.6 Å². The predicted octanol–water partition coefficient (Wildman–Crippen LogP) is 2.48. The van der Waals surface area contributed by atoms with Gasteiger partial charge in [-0.3, -0.25) is 4.79 Å². The highest BCUT2D eigenvalue weighted by molar-refractivity contribution is 7.89. The average molecular weight is 360 g/mol. The van der Waals surface area contributed by atoms with E-state index in [9.17, 15) is 13.2 Å². The van der Waals surface area contributed by atoms with Gasteiger partial charge in [-0.25, -0.2) is 13.6 Å². The molecule has 130 valence electrons. The number of hydrogen-bond acceptors (Lipinski definition) is 5. The molecule has 1 aromatic heterocycles. The molecule has 0 radical (unpaired) electrons. The first-order chi connectivity index (χ1) is 11.9. The van der Waals surface area contributed by atoms with Crippen molar-refractivity contribution in [3.8, 4) is 0 Å². The molecule has 25 heavy (non-hydrogen) atoms. The van der Waals surface area contributed by atoms with Crippen LogP contribution in [0.25, 0.3) is 11.0 Å². The van der Waals surface area contributed by atoms with Gasteiger partial charge in [-0.05, 0) is 30.3 Å². The molecule has 0 atom stereocenters. The van der Waals surface area contributed by atoms with E-state index in [1.165, 1.54) is 31.4 Å². The molecule has 0 fully saturated rings. The van der Waals surface area contributed by atoms with E-state index in [0.29, 0.717) is 16.8 Å². The van der Waals surface area contributed by atoms with Gasteiger partial charge in [0.05, 0.1) is 11.5 Å². The van der Waals surface area contributed by atoms with E-state index in [4.69, 9.17) is 14.3 Å². The van der Waals surface area contributed by atoms with E-state index < -0.39 is 15.9 Å². The van der Waals surface area contributed by atoms with Crippen LogP contribution in [0.3, 0.4) is 0 Å². The number of sulfonamides is 1. The Morgan fingerprint density at radius 1 is 1.16 bits per heavy atom. The lowest BCUT2D eigenvalue weighted by Crippen LogP contribution is -2.14. The minimum absolute atomic E-state index is 0.0330. The Labute approximate surface area is 144 Å². The number of amides is 1. The second-order valence-electron chi connectivity index (χ2n) is 5.36. The maximum Gasteiger partial charge on any atom is 0.291 e. The fourth-order valence-corrected chi connectivity index (χ4v) is 3.00. The lowest BCUT2D eigenvalue weighted by Gasteiger charge is -2.06. The van der Waals surface area contributed by atoms with Crippen molar-refractivity contribution in [3.05, 3.63) is 59.9 Å². The van der Waals surface area contributed by atoms with Crippen LogP contribution in [0.15, 0.2) is 57.8 Å². The Bertz CT molecular complexity index is 1020. The number of nitrogens with one attached hydrogen (secondary N) is 1. The molecular formula is C17H16N2O5S. The van der Waals surface area contributed by atoms with E-state index in [1.54, 1.807) is 6.07 Å². The molecule has 0 unspecified atom stereocenters. The van der Waals surface area contributed by atoms with Crippen LogP contribution in [-0.2, 0) is 21.4 Å². The smallest absolute Gasteiger partial charge is 0.291 e. The number of carbonyl (C=O) groups excluding carboxylic acids is 1. The molecule has 3 rings (SSSR count). The third kappa shape index (κ3) is 3.55. The summed E-state index contributed by atoms with van der Waals surface area (Å²) in [6.45, 7) is 0.226. The summed E-state index contributed by atoms with van der Waals surface area (Å²) in [5.74, 6) is -0.301. The van der Waals surface area contributed by atoms with Gasteiger partial charge in [-0.2, -0.15) is 0 Å².